The maximum atomic E-state index is 15.2. The van der Waals surface area contributed by atoms with Crippen molar-refractivity contribution < 1.29 is 23.5 Å². The lowest BCUT2D eigenvalue weighted by molar-refractivity contribution is -0.134. The van der Waals surface area contributed by atoms with Gasteiger partial charge in [0.2, 0.25) is 11.8 Å². The van der Waals surface area contributed by atoms with E-state index in [4.69, 9.17) is 4.74 Å². The Balaban J connectivity index is 1.49. The van der Waals surface area contributed by atoms with Crippen molar-refractivity contribution in [3.63, 3.8) is 0 Å². The van der Waals surface area contributed by atoms with E-state index in [0.29, 0.717) is 32.4 Å². The summed E-state index contributed by atoms with van der Waals surface area (Å²) in [6.45, 7) is 6.53. The molecule has 4 rings (SSSR count). The van der Waals surface area contributed by atoms with Crippen LogP contribution in [0, 0.1) is 0 Å². The first-order valence-electron chi connectivity index (χ1n) is 11.0. The molecule has 0 radical (unpaired) electrons. The molecule has 2 saturated heterocycles. The summed E-state index contributed by atoms with van der Waals surface area (Å²) in [6, 6.07) is 5.50. The predicted octanol–water partition coefficient (Wildman–Crippen LogP) is 2.92. The standard InChI is InChI=1S/C23H30FN3O4/c1-23(2,3)31-22(30)26-11-10-19(17(24)13-26)27-12-9-15-14(5-4-6-18(15)27)16-7-8-20(28)25-21(16)29/h4-6,16-17,19H,7-13H2,1-3H3,(H,25,28,29)/t16-,17+,19+/m1/s1. The van der Waals surface area contributed by atoms with E-state index in [0.717, 1.165) is 23.2 Å². The van der Waals surface area contributed by atoms with Gasteiger partial charge in [0, 0.05) is 25.2 Å². The number of hydrogen-bond acceptors (Lipinski definition) is 5. The zero-order valence-electron chi connectivity index (χ0n) is 18.3. The summed E-state index contributed by atoms with van der Waals surface area (Å²) in [7, 11) is 0. The normalized spacial score (nSPS) is 26.5. The summed E-state index contributed by atoms with van der Waals surface area (Å²) in [5, 5.41) is 2.43. The van der Waals surface area contributed by atoms with E-state index in [1.165, 1.54) is 4.90 Å². The zero-order valence-corrected chi connectivity index (χ0v) is 18.3. The number of imide groups is 1. The first-order chi connectivity index (χ1) is 14.6. The Morgan fingerprint density at radius 2 is 1.94 bits per heavy atom. The first-order valence-corrected chi connectivity index (χ1v) is 11.0. The van der Waals surface area contributed by atoms with Crippen molar-refractivity contribution >= 4 is 23.6 Å². The van der Waals surface area contributed by atoms with Crippen molar-refractivity contribution in [2.75, 3.05) is 24.5 Å². The molecule has 3 aliphatic rings. The molecule has 0 saturated carbocycles. The number of benzene rings is 1. The Labute approximate surface area is 181 Å². The lowest BCUT2D eigenvalue weighted by Crippen LogP contribution is -2.54. The number of piperidine rings is 2. The molecule has 8 heteroatoms. The van der Waals surface area contributed by atoms with Gasteiger partial charge in [-0.1, -0.05) is 12.1 Å². The van der Waals surface area contributed by atoms with Gasteiger partial charge in [0.05, 0.1) is 18.5 Å². The average molecular weight is 432 g/mol. The number of amides is 3. The molecule has 0 aromatic heterocycles. The van der Waals surface area contributed by atoms with Gasteiger partial charge < -0.3 is 14.5 Å². The summed E-state index contributed by atoms with van der Waals surface area (Å²) in [6.07, 6.45) is 0.424. The van der Waals surface area contributed by atoms with E-state index in [-0.39, 0.29) is 30.3 Å². The number of carbonyl (C=O) groups is 3. The van der Waals surface area contributed by atoms with Gasteiger partial charge in [0.1, 0.15) is 11.8 Å². The third-order valence-corrected chi connectivity index (χ3v) is 6.27. The van der Waals surface area contributed by atoms with Crippen LogP contribution in [0.3, 0.4) is 0 Å². The summed E-state index contributed by atoms with van der Waals surface area (Å²) in [5.74, 6) is -0.826. The van der Waals surface area contributed by atoms with Crippen LogP contribution in [0.25, 0.3) is 0 Å². The third kappa shape index (κ3) is 4.38. The molecular formula is C23H30FN3O4. The zero-order chi connectivity index (χ0) is 22.3. The maximum absolute atomic E-state index is 15.2. The van der Waals surface area contributed by atoms with Crippen LogP contribution in [-0.2, 0) is 20.7 Å². The highest BCUT2D eigenvalue weighted by Gasteiger charge is 2.40. The molecule has 3 atom stereocenters. The molecule has 1 aromatic rings. The van der Waals surface area contributed by atoms with Crippen LogP contribution in [0.1, 0.15) is 57.1 Å². The molecule has 3 amide bonds. The molecule has 1 N–H and O–H groups in total. The monoisotopic (exact) mass is 431 g/mol. The van der Waals surface area contributed by atoms with Crippen LogP contribution in [0.5, 0.6) is 0 Å². The van der Waals surface area contributed by atoms with Gasteiger partial charge >= 0.3 is 6.09 Å². The minimum atomic E-state index is -1.19. The van der Waals surface area contributed by atoms with Crippen molar-refractivity contribution in [1.82, 2.24) is 10.2 Å². The second-order valence-corrected chi connectivity index (χ2v) is 9.59. The molecule has 168 valence electrons. The quantitative estimate of drug-likeness (QED) is 0.729. The molecule has 0 unspecified atom stereocenters. The molecule has 0 spiro atoms. The minimum Gasteiger partial charge on any atom is -0.444 e. The number of nitrogens with one attached hydrogen (secondary N) is 1. The number of fused-ring (bicyclic) bond motifs is 1. The third-order valence-electron chi connectivity index (χ3n) is 6.27. The summed E-state index contributed by atoms with van der Waals surface area (Å²) in [5.41, 5.74) is 2.35. The molecule has 0 bridgehead atoms. The number of ether oxygens (including phenoxy) is 1. The smallest absolute Gasteiger partial charge is 0.410 e. The Hall–Kier alpha value is -2.64. The van der Waals surface area contributed by atoms with E-state index >= 15 is 4.39 Å². The molecular weight excluding hydrogens is 401 g/mol. The Kier molecular flexibility index (Phi) is 5.66. The van der Waals surface area contributed by atoms with Gasteiger partial charge in [-0.3, -0.25) is 14.9 Å². The van der Waals surface area contributed by atoms with Crippen molar-refractivity contribution in [3.8, 4) is 0 Å². The second-order valence-electron chi connectivity index (χ2n) is 9.59. The predicted molar refractivity (Wildman–Crippen MR) is 114 cm³/mol. The highest BCUT2D eigenvalue weighted by Crippen LogP contribution is 2.39. The summed E-state index contributed by atoms with van der Waals surface area (Å²) in [4.78, 5) is 39.7. The fraction of sp³-hybridized carbons (Fsp3) is 0.609. The SMILES string of the molecule is CC(C)(C)OC(=O)N1CC[C@H](N2CCc3c([C@H]4CCC(=O)NC4=O)cccc32)[C@@H](F)C1. The molecule has 31 heavy (non-hydrogen) atoms. The van der Waals surface area contributed by atoms with Crippen LogP contribution in [-0.4, -0.2) is 60.3 Å². The fourth-order valence-corrected chi connectivity index (χ4v) is 4.88. The van der Waals surface area contributed by atoms with Crippen LogP contribution >= 0.6 is 0 Å². The molecule has 3 heterocycles. The number of rotatable bonds is 2. The highest BCUT2D eigenvalue weighted by atomic mass is 19.1. The number of nitrogens with zero attached hydrogens (tertiary/aromatic N) is 2. The minimum absolute atomic E-state index is 0.0121. The van der Waals surface area contributed by atoms with E-state index < -0.39 is 17.9 Å². The van der Waals surface area contributed by atoms with Crippen LogP contribution in [0.4, 0.5) is 14.9 Å². The first kappa shape index (κ1) is 21.6. The highest BCUT2D eigenvalue weighted by molar-refractivity contribution is 6.01. The van der Waals surface area contributed by atoms with Gasteiger partial charge in [0.15, 0.2) is 0 Å². The molecule has 7 nitrogen and oxygen atoms in total. The number of likely N-dealkylation sites (tertiary alicyclic amines) is 1. The van der Waals surface area contributed by atoms with Crippen LogP contribution < -0.4 is 10.2 Å². The maximum Gasteiger partial charge on any atom is 0.410 e. The number of anilines is 1. The second kappa shape index (κ2) is 8.13. The lowest BCUT2D eigenvalue weighted by atomic mass is 9.86. The van der Waals surface area contributed by atoms with Gasteiger partial charge in [-0.15, -0.1) is 0 Å². The number of halogens is 1. The summed E-state index contributed by atoms with van der Waals surface area (Å²) < 4.78 is 20.6. The van der Waals surface area contributed by atoms with Crippen molar-refractivity contribution in [3.05, 3.63) is 29.3 Å². The van der Waals surface area contributed by atoms with Gasteiger partial charge in [-0.25, -0.2) is 9.18 Å². The number of carbonyl (C=O) groups excluding carboxylic acids is 3. The van der Waals surface area contributed by atoms with Crippen molar-refractivity contribution in [2.45, 2.75) is 70.2 Å². The van der Waals surface area contributed by atoms with Crippen molar-refractivity contribution in [2.24, 2.45) is 0 Å². The van der Waals surface area contributed by atoms with Crippen molar-refractivity contribution in [1.29, 1.82) is 0 Å². The molecule has 1 aromatic carbocycles. The summed E-state index contributed by atoms with van der Waals surface area (Å²) >= 11 is 0. The average Bonchev–Trinajstić information content (AvgIpc) is 3.11. The van der Waals surface area contributed by atoms with E-state index in [9.17, 15) is 14.4 Å². The lowest BCUT2D eigenvalue weighted by Gasteiger charge is -2.40. The Morgan fingerprint density at radius 1 is 1.16 bits per heavy atom. The van der Waals surface area contributed by atoms with Gasteiger partial charge in [-0.2, -0.15) is 0 Å². The largest absolute Gasteiger partial charge is 0.444 e. The number of alkyl halides is 1. The van der Waals surface area contributed by atoms with Crippen LogP contribution in [0.2, 0.25) is 0 Å². The Bertz CT molecular complexity index is 897. The molecule has 0 aliphatic carbocycles. The number of hydrogen-bond donors (Lipinski definition) is 1. The molecule has 3 aliphatic heterocycles. The van der Waals surface area contributed by atoms with E-state index in [1.54, 1.807) is 20.8 Å². The van der Waals surface area contributed by atoms with Gasteiger partial charge in [-0.05, 0) is 57.2 Å². The van der Waals surface area contributed by atoms with E-state index in [1.807, 2.05) is 18.2 Å². The van der Waals surface area contributed by atoms with E-state index in [2.05, 4.69) is 10.2 Å². The fourth-order valence-electron chi connectivity index (χ4n) is 4.88. The topological polar surface area (TPSA) is 79.0 Å². The Morgan fingerprint density at radius 3 is 2.61 bits per heavy atom. The van der Waals surface area contributed by atoms with Gasteiger partial charge in [0.25, 0.3) is 0 Å². The van der Waals surface area contributed by atoms with Crippen LogP contribution in [0.15, 0.2) is 18.2 Å². The molecule has 2 fully saturated rings.